The summed E-state index contributed by atoms with van der Waals surface area (Å²) in [6, 6.07) is 7.34. The van der Waals surface area contributed by atoms with Crippen LogP contribution in [-0.2, 0) is 9.53 Å². The average Bonchev–Trinajstić information content (AvgIpc) is 3.05. The number of carbonyl (C=O) groups excluding carboxylic acids is 1. The van der Waals surface area contributed by atoms with Gasteiger partial charge in [-0.3, -0.25) is 4.79 Å². The molecule has 1 amide bonds. The Morgan fingerprint density at radius 2 is 2.17 bits per heavy atom. The molecule has 0 aliphatic carbocycles. The van der Waals surface area contributed by atoms with Gasteiger partial charge in [0.15, 0.2) is 0 Å². The summed E-state index contributed by atoms with van der Waals surface area (Å²) in [4.78, 5) is 22.7. The van der Waals surface area contributed by atoms with Gasteiger partial charge in [0.25, 0.3) is 0 Å². The predicted molar refractivity (Wildman–Crippen MR) is 92.5 cm³/mol. The van der Waals surface area contributed by atoms with Gasteiger partial charge in [0.05, 0.1) is 11.7 Å². The van der Waals surface area contributed by atoms with Crippen LogP contribution in [0.25, 0.3) is 11.1 Å². The maximum Gasteiger partial charge on any atom is 0.249 e. The van der Waals surface area contributed by atoms with Gasteiger partial charge in [0.1, 0.15) is 6.61 Å². The number of hydrogen-bond acceptors (Lipinski definition) is 5. The number of anilines is 1. The molecular weight excluding hydrogens is 328 g/mol. The number of likely N-dealkylation sites (tertiary alicyclic amines) is 1. The van der Waals surface area contributed by atoms with Crippen LogP contribution < -0.4 is 5.73 Å². The summed E-state index contributed by atoms with van der Waals surface area (Å²) in [5.41, 5.74) is 8.38. The summed E-state index contributed by atoms with van der Waals surface area (Å²) >= 11 is 5.97. The van der Waals surface area contributed by atoms with Crippen molar-refractivity contribution in [3.8, 4) is 11.1 Å². The average molecular weight is 347 g/mol. The molecule has 6 nitrogen and oxygen atoms in total. The molecule has 1 aromatic carbocycles. The second-order valence-corrected chi connectivity index (χ2v) is 6.15. The molecule has 1 aromatic heterocycles. The van der Waals surface area contributed by atoms with Gasteiger partial charge in [-0.25, -0.2) is 9.97 Å². The van der Waals surface area contributed by atoms with E-state index in [0.717, 1.165) is 29.7 Å². The molecule has 1 aliphatic rings. The fraction of sp³-hybridized carbons (Fsp3) is 0.353. The van der Waals surface area contributed by atoms with Crippen LogP contribution in [0.15, 0.2) is 30.5 Å². The van der Waals surface area contributed by atoms with Crippen LogP contribution in [0.4, 0.5) is 5.95 Å². The number of nitrogens with zero attached hydrogens (tertiary/aromatic N) is 3. The molecule has 0 spiro atoms. The highest BCUT2D eigenvalue weighted by molar-refractivity contribution is 6.30. The lowest BCUT2D eigenvalue weighted by Crippen LogP contribution is -2.34. The van der Waals surface area contributed by atoms with Crippen molar-refractivity contribution in [1.82, 2.24) is 14.9 Å². The Labute approximate surface area is 145 Å². The van der Waals surface area contributed by atoms with Crippen molar-refractivity contribution in [3.63, 3.8) is 0 Å². The maximum absolute atomic E-state index is 12.3. The van der Waals surface area contributed by atoms with E-state index in [2.05, 4.69) is 9.97 Å². The van der Waals surface area contributed by atoms with Crippen molar-refractivity contribution < 1.29 is 9.53 Å². The minimum Gasteiger partial charge on any atom is -0.375 e. The number of carbonyl (C=O) groups is 1. The number of nitrogens with two attached hydrogens (primary N) is 1. The van der Waals surface area contributed by atoms with Gasteiger partial charge in [-0.15, -0.1) is 0 Å². The molecule has 1 unspecified atom stereocenters. The van der Waals surface area contributed by atoms with E-state index < -0.39 is 0 Å². The largest absolute Gasteiger partial charge is 0.375 e. The smallest absolute Gasteiger partial charge is 0.249 e. The number of benzene rings is 1. The summed E-state index contributed by atoms with van der Waals surface area (Å²) < 4.78 is 4.99. The molecule has 2 heterocycles. The first kappa shape index (κ1) is 16.7. The molecule has 1 aliphatic heterocycles. The Hall–Kier alpha value is -2.18. The van der Waals surface area contributed by atoms with Gasteiger partial charge in [0, 0.05) is 30.4 Å². The van der Waals surface area contributed by atoms with Gasteiger partial charge in [-0.2, -0.15) is 0 Å². The van der Waals surface area contributed by atoms with Crippen molar-refractivity contribution in [2.75, 3.05) is 26.0 Å². The Balaban J connectivity index is 2.01. The van der Waals surface area contributed by atoms with Crippen LogP contribution in [0.2, 0.25) is 5.02 Å². The summed E-state index contributed by atoms with van der Waals surface area (Å²) in [5, 5.41) is 0.662. The van der Waals surface area contributed by atoms with Crippen LogP contribution in [0.1, 0.15) is 24.6 Å². The third-order valence-corrected chi connectivity index (χ3v) is 4.40. The summed E-state index contributed by atoms with van der Waals surface area (Å²) in [5.74, 6) is 0.160. The van der Waals surface area contributed by atoms with E-state index in [-0.39, 0.29) is 24.5 Å². The second-order valence-electron chi connectivity index (χ2n) is 5.71. The van der Waals surface area contributed by atoms with E-state index in [1.807, 2.05) is 29.2 Å². The van der Waals surface area contributed by atoms with E-state index in [9.17, 15) is 4.79 Å². The second kappa shape index (κ2) is 7.15. The van der Waals surface area contributed by atoms with Gasteiger partial charge in [-0.1, -0.05) is 23.7 Å². The number of rotatable bonds is 4. The van der Waals surface area contributed by atoms with Crippen molar-refractivity contribution in [2.24, 2.45) is 0 Å². The number of hydrogen-bond donors (Lipinski definition) is 1. The monoisotopic (exact) mass is 346 g/mol. The fourth-order valence-corrected chi connectivity index (χ4v) is 3.20. The van der Waals surface area contributed by atoms with E-state index in [4.69, 9.17) is 22.1 Å². The number of amides is 1. The van der Waals surface area contributed by atoms with Crippen molar-refractivity contribution in [2.45, 2.75) is 18.9 Å². The first-order valence-corrected chi connectivity index (χ1v) is 8.14. The van der Waals surface area contributed by atoms with E-state index in [0.29, 0.717) is 11.6 Å². The van der Waals surface area contributed by atoms with Crippen molar-refractivity contribution in [3.05, 3.63) is 41.2 Å². The van der Waals surface area contributed by atoms with E-state index in [1.165, 1.54) is 7.11 Å². The Kier molecular flexibility index (Phi) is 4.97. The summed E-state index contributed by atoms with van der Waals surface area (Å²) in [6.07, 6.45) is 3.47. The third kappa shape index (κ3) is 3.34. The topological polar surface area (TPSA) is 81.3 Å². The summed E-state index contributed by atoms with van der Waals surface area (Å²) in [6.45, 7) is 0.754. The third-order valence-electron chi connectivity index (χ3n) is 4.15. The zero-order valence-electron chi connectivity index (χ0n) is 13.4. The number of aromatic nitrogens is 2. The fourth-order valence-electron chi connectivity index (χ4n) is 3.07. The zero-order valence-corrected chi connectivity index (χ0v) is 14.2. The minimum absolute atomic E-state index is 0.0424. The lowest BCUT2D eigenvalue weighted by Gasteiger charge is -2.25. The van der Waals surface area contributed by atoms with Gasteiger partial charge in [-0.05, 0) is 30.5 Å². The Bertz CT molecular complexity index is 736. The zero-order chi connectivity index (χ0) is 17.1. The molecule has 7 heteroatoms. The molecule has 1 saturated heterocycles. The molecular formula is C17H19ClN4O2. The number of methoxy groups -OCH3 is 1. The molecule has 0 radical (unpaired) electrons. The van der Waals surface area contributed by atoms with Crippen LogP contribution in [-0.4, -0.2) is 41.0 Å². The number of halogens is 1. The molecule has 0 saturated carbocycles. The molecule has 3 rings (SSSR count). The first-order chi connectivity index (χ1) is 11.6. The highest BCUT2D eigenvalue weighted by atomic mass is 35.5. The highest BCUT2D eigenvalue weighted by Gasteiger charge is 2.32. The molecule has 2 aromatic rings. The quantitative estimate of drug-likeness (QED) is 0.920. The maximum atomic E-state index is 12.3. The number of nitrogen functional groups attached to an aromatic ring is 1. The molecule has 24 heavy (non-hydrogen) atoms. The van der Waals surface area contributed by atoms with Gasteiger partial charge < -0.3 is 15.4 Å². The molecule has 0 bridgehead atoms. The van der Waals surface area contributed by atoms with Crippen LogP contribution in [0.3, 0.4) is 0 Å². The van der Waals surface area contributed by atoms with Gasteiger partial charge >= 0.3 is 0 Å². The normalized spacial score (nSPS) is 17.2. The SMILES string of the molecule is COCC(=O)N1CCCC1c1nc(N)ncc1-c1ccc(Cl)cc1. The molecule has 126 valence electrons. The Morgan fingerprint density at radius 1 is 1.42 bits per heavy atom. The predicted octanol–water partition coefficient (Wildman–Crippen LogP) is 2.69. The van der Waals surface area contributed by atoms with Crippen LogP contribution in [0.5, 0.6) is 0 Å². The standard InChI is InChI=1S/C17H19ClN4O2/c1-24-10-15(23)22-8-2-3-14(22)16-13(9-20-17(19)21-16)11-4-6-12(18)7-5-11/h4-7,9,14H,2-3,8,10H2,1H3,(H2,19,20,21). The number of ether oxygens (including phenoxy) is 1. The highest BCUT2D eigenvalue weighted by Crippen LogP contribution is 2.36. The van der Waals surface area contributed by atoms with Crippen molar-refractivity contribution >= 4 is 23.5 Å². The van der Waals surface area contributed by atoms with E-state index >= 15 is 0 Å². The molecule has 1 fully saturated rings. The summed E-state index contributed by atoms with van der Waals surface area (Å²) in [7, 11) is 1.52. The Morgan fingerprint density at radius 3 is 2.88 bits per heavy atom. The van der Waals surface area contributed by atoms with E-state index in [1.54, 1.807) is 6.20 Å². The van der Waals surface area contributed by atoms with Crippen molar-refractivity contribution in [1.29, 1.82) is 0 Å². The van der Waals surface area contributed by atoms with Gasteiger partial charge in [0.2, 0.25) is 11.9 Å². The van der Waals surface area contributed by atoms with Crippen LogP contribution >= 0.6 is 11.6 Å². The lowest BCUT2D eigenvalue weighted by molar-refractivity contribution is -0.136. The minimum atomic E-state index is -0.122. The van der Waals surface area contributed by atoms with Crippen LogP contribution in [0, 0.1) is 0 Å². The molecule has 1 atom stereocenters. The lowest BCUT2D eigenvalue weighted by atomic mass is 10.00. The molecule has 2 N–H and O–H groups in total. The first-order valence-electron chi connectivity index (χ1n) is 7.77.